The van der Waals surface area contributed by atoms with Crippen molar-refractivity contribution in [2.75, 3.05) is 25.5 Å². The van der Waals surface area contributed by atoms with E-state index in [-0.39, 0.29) is 11.9 Å². The van der Waals surface area contributed by atoms with E-state index in [1.54, 1.807) is 6.20 Å². The molecule has 2 aliphatic rings. The summed E-state index contributed by atoms with van der Waals surface area (Å²) < 4.78 is 13.4. The van der Waals surface area contributed by atoms with E-state index in [1.807, 2.05) is 23.2 Å². The number of rotatable bonds is 5. The summed E-state index contributed by atoms with van der Waals surface area (Å²) in [6.45, 7) is 4.91. The molecule has 26 heavy (non-hydrogen) atoms. The van der Waals surface area contributed by atoms with E-state index in [0.717, 1.165) is 48.2 Å². The second-order valence-electron chi connectivity index (χ2n) is 6.43. The molecule has 0 N–H and O–H groups in total. The van der Waals surface area contributed by atoms with Gasteiger partial charge in [0.1, 0.15) is 13.2 Å². The van der Waals surface area contributed by atoms with Gasteiger partial charge in [-0.15, -0.1) is 0 Å². The third-order valence-corrected chi connectivity index (χ3v) is 5.86. The van der Waals surface area contributed by atoms with Gasteiger partial charge < -0.3 is 18.9 Å². The molecular weight excluding hydrogens is 350 g/mol. The van der Waals surface area contributed by atoms with Crippen LogP contribution >= 0.6 is 11.8 Å². The van der Waals surface area contributed by atoms with Gasteiger partial charge in [0.15, 0.2) is 16.7 Å². The summed E-state index contributed by atoms with van der Waals surface area (Å²) in [5, 5.41) is 0.899. The number of hydrogen-bond donors (Lipinski definition) is 0. The van der Waals surface area contributed by atoms with Crippen molar-refractivity contribution >= 4 is 17.7 Å². The highest BCUT2D eigenvalue weighted by Crippen LogP contribution is 2.38. The van der Waals surface area contributed by atoms with Gasteiger partial charge in [-0.05, 0) is 37.5 Å². The number of benzene rings is 1. The number of imidazole rings is 1. The normalized spacial score (nSPS) is 19.0. The van der Waals surface area contributed by atoms with Crippen LogP contribution in [0.1, 0.15) is 31.4 Å². The summed E-state index contributed by atoms with van der Waals surface area (Å²) in [7, 11) is 0. The van der Waals surface area contributed by atoms with Crippen molar-refractivity contribution in [3.05, 3.63) is 36.2 Å². The fourth-order valence-corrected chi connectivity index (χ4v) is 4.47. The molecule has 2 aliphatic heterocycles. The first kappa shape index (κ1) is 17.3. The molecule has 138 valence electrons. The predicted molar refractivity (Wildman–Crippen MR) is 99.7 cm³/mol. The van der Waals surface area contributed by atoms with Crippen LogP contribution in [0.3, 0.4) is 0 Å². The van der Waals surface area contributed by atoms with Gasteiger partial charge in [0, 0.05) is 25.5 Å². The average Bonchev–Trinajstić information content (AvgIpc) is 3.34. The van der Waals surface area contributed by atoms with Crippen LogP contribution in [0, 0.1) is 0 Å². The minimum Gasteiger partial charge on any atom is -0.486 e. The van der Waals surface area contributed by atoms with E-state index in [4.69, 9.17) is 9.47 Å². The van der Waals surface area contributed by atoms with E-state index in [2.05, 4.69) is 22.5 Å². The lowest BCUT2D eigenvalue weighted by molar-refractivity contribution is -0.129. The molecule has 0 bridgehead atoms. The summed E-state index contributed by atoms with van der Waals surface area (Å²) in [5.74, 6) is 2.15. The Bertz CT molecular complexity index is 792. The molecular formula is C19H23N3O3S. The van der Waals surface area contributed by atoms with Gasteiger partial charge in [-0.2, -0.15) is 0 Å². The molecule has 7 heteroatoms. The van der Waals surface area contributed by atoms with Crippen LogP contribution in [0.4, 0.5) is 0 Å². The van der Waals surface area contributed by atoms with Crippen LogP contribution in [0.15, 0.2) is 35.7 Å². The van der Waals surface area contributed by atoms with Crippen LogP contribution in [-0.2, 0) is 11.3 Å². The Labute approximate surface area is 157 Å². The zero-order chi connectivity index (χ0) is 17.9. The maximum Gasteiger partial charge on any atom is 0.233 e. The number of amides is 1. The van der Waals surface area contributed by atoms with Gasteiger partial charge in [0.05, 0.1) is 11.8 Å². The number of carbonyl (C=O) groups is 1. The minimum absolute atomic E-state index is 0.116. The van der Waals surface area contributed by atoms with Crippen LogP contribution in [0.2, 0.25) is 0 Å². The van der Waals surface area contributed by atoms with Crippen molar-refractivity contribution in [2.24, 2.45) is 0 Å². The van der Waals surface area contributed by atoms with Crippen LogP contribution in [0.25, 0.3) is 0 Å². The molecule has 2 aromatic rings. The summed E-state index contributed by atoms with van der Waals surface area (Å²) >= 11 is 1.51. The summed E-state index contributed by atoms with van der Waals surface area (Å²) in [5.41, 5.74) is 1.13. The molecule has 3 heterocycles. The number of carbonyl (C=O) groups excluding carboxylic acids is 1. The fourth-order valence-electron chi connectivity index (χ4n) is 3.56. The highest BCUT2D eigenvalue weighted by molar-refractivity contribution is 7.99. The van der Waals surface area contributed by atoms with Gasteiger partial charge in [-0.25, -0.2) is 4.98 Å². The molecule has 4 rings (SSSR count). The smallest absolute Gasteiger partial charge is 0.233 e. The molecule has 1 aromatic heterocycles. The summed E-state index contributed by atoms with van der Waals surface area (Å²) in [4.78, 5) is 19.2. The van der Waals surface area contributed by atoms with Crippen molar-refractivity contribution in [1.29, 1.82) is 0 Å². The topological polar surface area (TPSA) is 56.6 Å². The Morgan fingerprint density at radius 3 is 3.00 bits per heavy atom. The van der Waals surface area contributed by atoms with Crippen molar-refractivity contribution in [3.63, 3.8) is 0 Å². The number of aromatic nitrogens is 2. The van der Waals surface area contributed by atoms with Crippen molar-refractivity contribution in [2.45, 2.75) is 37.5 Å². The summed E-state index contributed by atoms with van der Waals surface area (Å²) in [6.07, 6.45) is 5.74. The highest BCUT2D eigenvalue weighted by atomic mass is 32.2. The van der Waals surface area contributed by atoms with E-state index in [0.29, 0.717) is 19.0 Å². The predicted octanol–water partition coefficient (Wildman–Crippen LogP) is 3.13. The molecule has 1 atom stereocenters. The van der Waals surface area contributed by atoms with E-state index in [1.165, 1.54) is 11.8 Å². The quantitative estimate of drug-likeness (QED) is 0.754. The first-order chi connectivity index (χ1) is 12.8. The zero-order valence-corrected chi connectivity index (χ0v) is 15.7. The standard InChI is InChI=1S/C19H23N3O3S/c1-2-21-9-7-20-19(21)26-13-18(23)22-8-3-4-15(22)14-5-6-16-17(12-14)25-11-10-24-16/h5-7,9,12,15H,2-4,8,10-11,13H2,1H3. The monoisotopic (exact) mass is 373 g/mol. The molecule has 1 unspecified atom stereocenters. The van der Waals surface area contributed by atoms with E-state index < -0.39 is 0 Å². The Morgan fingerprint density at radius 1 is 1.31 bits per heavy atom. The summed E-state index contributed by atoms with van der Waals surface area (Å²) in [6, 6.07) is 6.16. The molecule has 0 aliphatic carbocycles. The molecule has 0 radical (unpaired) electrons. The molecule has 0 spiro atoms. The maximum absolute atomic E-state index is 12.8. The van der Waals surface area contributed by atoms with Gasteiger partial charge in [0.25, 0.3) is 0 Å². The van der Waals surface area contributed by atoms with E-state index >= 15 is 0 Å². The molecule has 6 nitrogen and oxygen atoms in total. The van der Waals surface area contributed by atoms with Crippen molar-refractivity contribution < 1.29 is 14.3 Å². The Balaban J connectivity index is 1.45. The van der Waals surface area contributed by atoms with E-state index in [9.17, 15) is 4.79 Å². The zero-order valence-electron chi connectivity index (χ0n) is 14.9. The molecule has 1 amide bonds. The van der Waals surface area contributed by atoms with Gasteiger partial charge in [-0.3, -0.25) is 4.79 Å². The number of fused-ring (bicyclic) bond motifs is 1. The van der Waals surface area contributed by atoms with Crippen molar-refractivity contribution in [1.82, 2.24) is 14.5 Å². The fraction of sp³-hybridized carbons (Fsp3) is 0.474. The first-order valence-electron chi connectivity index (χ1n) is 9.09. The molecule has 1 saturated heterocycles. The second kappa shape index (κ2) is 7.61. The first-order valence-corrected chi connectivity index (χ1v) is 10.1. The third kappa shape index (κ3) is 3.40. The van der Waals surface area contributed by atoms with Crippen LogP contribution < -0.4 is 9.47 Å². The molecule has 1 aromatic carbocycles. The molecule has 0 saturated carbocycles. The largest absolute Gasteiger partial charge is 0.486 e. The third-order valence-electron chi connectivity index (χ3n) is 4.87. The lowest BCUT2D eigenvalue weighted by Gasteiger charge is -2.26. The number of ether oxygens (including phenoxy) is 2. The Hall–Kier alpha value is -2.15. The number of hydrogen-bond acceptors (Lipinski definition) is 5. The Morgan fingerprint density at radius 2 is 2.15 bits per heavy atom. The van der Waals surface area contributed by atoms with Crippen molar-refractivity contribution in [3.8, 4) is 11.5 Å². The average molecular weight is 373 g/mol. The highest BCUT2D eigenvalue weighted by Gasteiger charge is 2.31. The number of nitrogens with zero attached hydrogens (tertiary/aromatic N) is 3. The van der Waals surface area contributed by atoms with Gasteiger partial charge in [0.2, 0.25) is 5.91 Å². The van der Waals surface area contributed by atoms with Gasteiger partial charge >= 0.3 is 0 Å². The Kier molecular flexibility index (Phi) is 5.06. The lowest BCUT2D eigenvalue weighted by Crippen LogP contribution is -2.32. The second-order valence-corrected chi connectivity index (χ2v) is 7.38. The number of likely N-dealkylation sites (tertiary alicyclic amines) is 1. The molecule has 1 fully saturated rings. The SMILES string of the molecule is CCn1ccnc1SCC(=O)N1CCCC1c1ccc2c(c1)OCCO2. The number of aryl methyl sites for hydroxylation is 1. The van der Waals surface area contributed by atoms with Gasteiger partial charge in [-0.1, -0.05) is 17.8 Å². The van der Waals surface area contributed by atoms with Crippen LogP contribution in [0.5, 0.6) is 11.5 Å². The minimum atomic E-state index is 0.116. The lowest BCUT2D eigenvalue weighted by atomic mass is 10.0. The number of thioether (sulfide) groups is 1. The maximum atomic E-state index is 12.8. The van der Waals surface area contributed by atoms with Crippen LogP contribution in [-0.4, -0.2) is 45.9 Å².